The topological polar surface area (TPSA) is 242 Å². The molecule has 0 saturated carbocycles. The molecule has 0 aliphatic heterocycles. The first-order valence-corrected chi connectivity index (χ1v) is 19.4. The van der Waals surface area contributed by atoms with Crippen LogP contribution < -0.4 is 19.5 Å². The third-order valence-corrected chi connectivity index (χ3v) is 9.41. The normalized spacial score (nSPS) is 12.0. The second-order valence-corrected chi connectivity index (χ2v) is 13.8. The van der Waals surface area contributed by atoms with E-state index in [1.54, 1.807) is 14.2 Å². The number of carbonyl (C=O) groups is 3. The molecule has 2 aromatic carbocycles. The number of carboxylic acids is 2. The monoisotopic (exact) mass is 804 g/mol. The van der Waals surface area contributed by atoms with E-state index in [0.717, 1.165) is 56.3 Å². The predicted octanol–water partition coefficient (Wildman–Crippen LogP) is 6.15. The molecule has 0 fully saturated rings. The Morgan fingerprint density at radius 1 is 0.877 bits per heavy atom. The predicted molar refractivity (Wildman–Crippen MR) is 215 cm³/mol. The van der Waals surface area contributed by atoms with Crippen LogP contribution in [0.25, 0.3) is 0 Å². The lowest BCUT2D eigenvalue weighted by atomic mass is 9.74. The average molecular weight is 805 g/mol. The molecule has 320 valence electrons. The van der Waals surface area contributed by atoms with Crippen molar-refractivity contribution in [1.29, 1.82) is 5.26 Å². The number of carbonyl (C=O) groups excluding carboxylic acids is 1. The number of nitriles is 1. The first-order valence-electron chi connectivity index (χ1n) is 19.4. The summed E-state index contributed by atoms with van der Waals surface area (Å²) in [6, 6.07) is 16.2. The van der Waals surface area contributed by atoms with Crippen LogP contribution in [-0.4, -0.2) is 97.1 Å². The van der Waals surface area contributed by atoms with E-state index in [4.69, 9.17) is 38.9 Å². The lowest BCUT2D eigenvalue weighted by Crippen LogP contribution is -2.37. The average Bonchev–Trinajstić information content (AvgIpc) is 3.18. The summed E-state index contributed by atoms with van der Waals surface area (Å²) in [5, 5.41) is 38.1. The van der Waals surface area contributed by atoms with E-state index >= 15 is 0 Å². The molecule has 0 aromatic heterocycles. The van der Waals surface area contributed by atoms with E-state index < -0.39 is 28.5 Å². The molecule has 0 aliphatic rings. The van der Waals surface area contributed by atoms with Crippen molar-refractivity contribution in [3.8, 4) is 23.3 Å². The molecule has 0 saturated heterocycles. The van der Waals surface area contributed by atoms with Gasteiger partial charge in [-0.25, -0.2) is 9.59 Å². The van der Waals surface area contributed by atoms with Crippen molar-refractivity contribution in [2.45, 2.75) is 115 Å². The van der Waals surface area contributed by atoms with Gasteiger partial charge in [-0.2, -0.15) is 5.26 Å². The number of hydrogen-bond donors (Lipinski definition) is 3. The molecule has 16 heteroatoms. The molecule has 2 atom stereocenters. The Bertz CT molecular complexity index is 1510. The summed E-state index contributed by atoms with van der Waals surface area (Å²) in [5.74, 6) is -2.05. The number of aliphatic carboxylic acids is 2. The molecular weight excluding hydrogens is 740 g/mol. The van der Waals surface area contributed by atoms with Crippen molar-refractivity contribution in [2.75, 3.05) is 47.5 Å². The number of amides is 1. The SMILES string of the molecule is CCCCCCCCCCCCC(C#N)(CCCN(C)CCc1ccccc1OCC(CNC(C)=O)O[N+](=O)[O-])c1ccc(OC)c(OC)c1.O.O=C(O)C(=O)O. The molecule has 2 aromatic rings. The van der Waals surface area contributed by atoms with Crippen molar-refractivity contribution in [3.05, 3.63) is 63.7 Å². The first-order chi connectivity index (χ1) is 26.8. The van der Waals surface area contributed by atoms with Crippen molar-refractivity contribution in [3.63, 3.8) is 0 Å². The number of para-hydroxylation sites is 1. The van der Waals surface area contributed by atoms with E-state index in [2.05, 4.69) is 30.3 Å². The summed E-state index contributed by atoms with van der Waals surface area (Å²) in [4.78, 5) is 47.4. The van der Waals surface area contributed by atoms with Gasteiger partial charge in [0, 0.05) is 20.0 Å². The minimum Gasteiger partial charge on any atom is -0.493 e. The maximum absolute atomic E-state index is 11.3. The van der Waals surface area contributed by atoms with Crippen LogP contribution in [0, 0.1) is 21.4 Å². The van der Waals surface area contributed by atoms with Gasteiger partial charge < -0.3 is 45.0 Å². The van der Waals surface area contributed by atoms with Gasteiger partial charge in [0.2, 0.25) is 5.91 Å². The molecule has 0 bridgehead atoms. The fourth-order valence-electron chi connectivity index (χ4n) is 6.25. The van der Waals surface area contributed by atoms with Gasteiger partial charge in [-0.15, -0.1) is 10.1 Å². The van der Waals surface area contributed by atoms with E-state index in [1.807, 2.05) is 42.5 Å². The highest BCUT2D eigenvalue weighted by Crippen LogP contribution is 2.39. The van der Waals surface area contributed by atoms with Crippen LogP contribution in [-0.2, 0) is 31.1 Å². The highest BCUT2D eigenvalue weighted by molar-refractivity contribution is 6.27. The highest BCUT2D eigenvalue weighted by atomic mass is 17.0. The van der Waals surface area contributed by atoms with E-state index in [-0.39, 0.29) is 24.5 Å². The summed E-state index contributed by atoms with van der Waals surface area (Å²) >= 11 is 0. The maximum Gasteiger partial charge on any atom is 0.414 e. The van der Waals surface area contributed by atoms with Gasteiger partial charge in [0.15, 0.2) is 17.6 Å². The number of ether oxygens (including phenoxy) is 3. The van der Waals surface area contributed by atoms with Crippen molar-refractivity contribution in [2.24, 2.45) is 0 Å². The third kappa shape index (κ3) is 21.7. The van der Waals surface area contributed by atoms with Gasteiger partial charge in [0.25, 0.3) is 5.09 Å². The zero-order chi connectivity index (χ0) is 41.8. The van der Waals surface area contributed by atoms with Crippen molar-refractivity contribution in [1.82, 2.24) is 10.2 Å². The van der Waals surface area contributed by atoms with Crippen LogP contribution in [0.5, 0.6) is 17.2 Å². The summed E-state index contributed by atoms with van der Waals surface area (Å²) in [5.41, 5.74) is 1.32. The zero-order valence-corrected chi connectivity index (χ0v) is 34.3. The molecule has 57 heavy (non-hydrogen) atoms. The van der Waals surface area contributed by atoms with Crippen LogP contribution in [0.3, 0.4) is 0 Å². The number of likely N-dealkylation sites (N-methyl/N-ethyl adjacent to an activating group) is 1. The molecular formula is C41H64N4O12. The van der Waals surface area contributed by atoms with E-state index in [1.165, 1.54) is 58.3 Å². The maximum atomic E-state index is 11.3. The summed E-state index contributed by atoms with van der Waals surface area (Å²) in [6.07, 6.45) is 14.6. The van der Waals surface area contributed by atoms with Crippen molar-refractivity contribution < 1.29 is 54.2 Å². The van der Waals surface area contributed by atoms with Crippen LogP contribution >= 0.6 is 0 Å². The van der Waals surface area contributed by atoms with Crippen LogP contribution in [0.15, 0.2) is 42.5 Å². The molecule has 5 N–H and O–H groups in total. The standard InChI is InChI=1S/C39H60N4O7.C2H2O4.H2O/c1-6-7-8-9-10-11-12-13-14-17-24-39(31-40,34-21-22-37(47-4)38(28-34)48-5)25-18-26-42(3)27-23-33-19-15-16-20-36(33)49-30-35(50-43(45)46)29-41-32(2)44;3-1(4)2(5)6;/h15-16,19-22,28,35H,6-14,17-18,23-27,29-30H2,1-5H3,(H,41,44);(H,3,4)(H,5,6);1H2. The van der Waals surface area contributed by atoms with Gasteiger partial charge >= 0.3 is 11.9 Å². The fourth-order valence-corrected chi connectivity index (χ4v) is 6.25. The number of carboxylic acid groups (broad SMARTS) is 2. The molecule has 0 aliphatic carbocycles. The Morgan fingerprint density at radius 2 is 1.46 bits per heavy atom. The second kappa shape index (κ2) is 30.1. The van der Waals surface area contributed by atoms with Crippen molar-refractivity contribution >= 4 is 17.8 Å². The number of unbranched alkanes of at least 4 members (excludes halogenated alkanes) is 9. The smallest absolute Gasteiger partial charge is 0.414 e. The molecule has 1 amide bonds. The molecule has 0 heterocycles. The number of nitrogens with one attached hydrogen (secondary N) is 1. The number of rotatable bonds is 28. The number of benzene rings is 2. The minimum atomic E-state index is -1.82. The second-order valence-electron chi connectivity index (χ2n) is 13.8. The summed E-state index contributed by atoms with van der Waals surface area (Å²) in [7, 11) is 5.32. The Morgan fingerprint density at radius 3 is 2.00 bits per heavy atom. The molecule has 0 radical (unpaired) electrons. The Hall–Kier alpha value is -5.14. The van der Waals surface area contributed by atoms with Gasteiger partial charge in [-0.3, -0.25) is 4.79 Å². The summed E-state index contributed by atoms with van der Waals surface area (Å²) < 4.78 is 17.0. The van der Waals surface area contributed by atoms with Crippen LogP contribution in [0.1, 0.15) is 108 Å². The molecule has 0 spiro atoms. The van der Waals surface area contributed by atoms with Gasteiger partial charge in [-0.1, -0.05) is 95.4 Å². The van der Waals surface area contributed by atoms with E-state index in [0.29, 0.717) is 23.7 Å². The van der Waals surface area contributed by atoms with E-state index in [9.17, 15) is 20.2 Å². The van der Waals surface area contributed by atoms with Gasteiger partial charge in [-0.05, 0) is 68.6 Å². The van der Waals surface area contributed by atoms with Crippen LogP contribution in [0.4, 0.5) is 0 Å². The molecule has 2 rings (SSSR count). The Balaban J connectivity index is 0.00000413. The Labute approximate surface area is 336 Å². The first kappa shape index (κ1) is 51.9. The highest BCUT2D eigenvalue weighted by Gasteiger charge is 2.32. The number of hydrogen-bond acceptors (Lipinski definition) is 11. The minimum absolute atomic E-state index is 0. The van der Waals surface area contributed by atoms with Gasteiger partial charge in [0.1, 0.15) is 12.4 Å². The van der Waals surface area contributed by atoms with Crippen LogP contribution in [0.2, 0.25) is 0 Å². The fraction of sp³-hybridized carbons (Fsp3) is 0.610. The van der Waals surface area contributed by atoms with Gasteiger partial charge in [0.05, 0.1) is 25.7 Å². The largest absolute Gasteiger partial charge is 0.493 e. The number of methoxy groups -OCH3 is 2. The quantitative estimate of drug-likeness (QED) is 0.0379. The third-order valence-electron chi connectivity index (χ3n) is 9.41. The zero-order valence-electron chi connectivity index (χ0n) is 34.3. The summed E-state index contributed by atoms with van der Waals surface area (Å²) in [6.45, 7) is 5.04. The lowest BCUT2D eigenvalue weighted by molar-refractivity contribution is -0.768. The Kier molecular flexibility index (Phi) is 27.3. The lowest BCUT2D eigenvalue weighted by Gasteiger charge is -2.29. The number of nitrogens with zero attached hydrogens (tertiary/aromatic N) is 3. The molecule has 2 unspecified atom stereocenters. The molecule has 16 nitrogen and oxygen atoms in total.